The van der Waals surface area contributed by atoms with Crippen LogP contribution in [0.1, 0.15) is 10.6 Å². The van der Waals surface area contributed by atoms with E-state index in [9.17, 15) is 9.59 Å². The van der Waals surface area contributed by atoms with E-state index in [0.717, 1.165) is 0 Å². The monoisotopic (exact) mass is 317 g/mol. The summed E-state index contributed by atoms with van der Waals surface area (Å²) in [7, 11) is 0. The van der Waals surface area contributed by atoms with E-state index in [1.807, 2.05) is 0 Å². The SMILES string of the molecule is C=CCN(CC=C)C(=O)CN1CCN(C(=O)c2ccco2)CC1. The lowest BCUT2D eigenvalue weighted by Crippen LogP contribution is -2.51. The smallest absolute Gasteiger partial charge is 0.289 e. The number of nitrogens with zero attached hydrogens (tertiary/aromatic N) is 3. The molecule has 1 aromatic heterocycles. The van der Waals surface area contributed by atoms with Gasteiger partial charge in [0.15, 0.2) is 5.76 Å². The van der Waals surface area contributed by atoms with Crippen molar-refractivity contribution in [2.75, 3.05) is 45.8 Å². The van der Waals surface area contributed by atoms with Gasteiger partial charge < -0.3 is 14.2 Å². The van der Waals surface area contributed by atoms with Crippen LogP contribution in [0.2, 0.25) is 0 Å². The molecule has 2 amide bonds. The maximum atomic E-state index is 12.3. The quantitative estimate of drug-likeness (QED) is 0.710. The molecule has 1 aromatic rings. The van der Waals surface area contributed by atoms with E-state index in [-0.39, 0.29) is 11.8 Å². The molecule has 2 rings (SSSR count). The molecule has 0 spiro atoms. The fourth-order valence-corrected chi connectivity index (χ4v) is 2.55. The Labute approximate surface area is 136 Å². The maximum absolute atomic E-state index is 12.3. The molecule has 23 heavy (non-hydrogen) atoms. The largest absolute Gasteiger partial charge is 0.459 e. The minimum atomic E-state index is -0.0964. The summed E-state index contributed by atoms with van der Waals surface area (Å²) in [5, 5.41) is 0. The Morgan fingerprint density at radius 1 is 1.17 bits per heavy atom. The van der Waals surface area contributed by atoms with Crippen LogP contribution in [0, 0.1) is 0 Å². The summed E-state index contributed by atoms with van der Waals surface area (Å²) in [6.45, 7) is 11.3. The average molecular weight is 317 g/mol. The van der Waals surface area contributed by atoms with Gasteiger partial charge in [0.1, 0.15) is 0 Å². The maximum Gasteiger partial charge on any atom is 0.289 e. The highest BCUT2D eigenvalue weighted by atomic mass is 16.3. The van der Waals surface area contributed by atoms with Crippen LogP contribution in [0.3, 0.4) is 0 Å². The molecule has 2 heterocycles. The lowest BCUT2D eigenvalue weighted by atomic mass is 10.2. The van der Waals surface area contributed by atoms with Gasteiger partial charge in [0.25, 0.3) is 5.91 Å². The van der Waals surface area contributed by atoms with E-state index in [4.69, 9.17) is 4.42 Å². The predicted molar refractivity (Wildman–Crippen MR) is 88.0 cm³/mol. The van der Waals surface area contributed by atoms with Crippen LogP contribution in [-0.4, -0.2) is 72.3 Å². The number of rotatable bonds is 7. The van der Waals surface area contributed by atoms with E-state index in [1.165, 1.54) is 6.26 Å². The molecule has 1 aliphatic rings. The summed E-state index contributed by atoms with van der Waals surface area (Å²) in [6, 6.07) is 3.37. The van der Waals surface area contributed by atoms with Crippen molar-refractivity contribution in [1.82, 2.24) is 14.7 Å². The number of furan rings is 1. The first-order valence-corrected chi connectivity index (χ1v) is 7.70. The van der Waals surface area contributed by atoms with Crippen LogP contribution in [0.4, 0.5) is 0 Å². The highest BCUT2D eigenvalue weighted by Crippen LogP contribution is 2.09. The molecular formula is C17H23N3O3. The van der Waals surface area contributed by atoms with Crippen molar-refractivity contribution in [3.63, 3.8) is 0 Å². The van der Waals surface area contributed by atoms with Crippen LogP contribution in [-0.2, 0) is 4.79 Å². The van der Waals surface area contributed by atoms with Gasteiger partial charge in [0.05, 0.1) is 12.8 Å². The molecule has 0 bridgehead atoms. The second-order valence-electron chi connectivity index (χ2n) is 5.42. The predicted octanol–water partition coefficient (Wildman–Crippen LogP) is 1.24. The van der Waals surface area contributed by atoms with E-state index in [2.05, 4.69) is 18.1 Å². The summed E-state index contributed by atoms with van der Waals surface area (Å²) in [5.41, 5.74) is 0. The number of hydrogen-bond donors (Lipinski definition) is 0. The Morgan fingerprint density at radius 2 is 1.83 bits per heavy atom. The molecule has 0 unspecified atom stereocenters. The van der Waals surface area contributed by atoms with Crippen molar-refractivity contribution in [2.45, 2.75) is 0 Å². The molecule has 0 N–H and O–H groups in total. The minimum Gasteiger partial charge on any atom is -0.459 e. The summed E-state index contributed by atoms with van der Waals surface area (Å²) >= 11 is 0. The highest BCUT2D eigenvalue weighted by molar-refractivity contribution is 5.91. The molecule has 0 aromatic carbocycles. The fraction of sp³-hybridized carbons (Fsp3) is 0.412. The van der Waals surface area contributed by atoms with Crippen molar-refractivity contribution >= 4 is 11.8 Å². The van der Waals surface area contributed by atoms with Crippen molar-refractivity contribution in [3.05, 3.63) is 49.5 Å². The molecule has 1 aliphatic heterocycles. The summed E-state index contributed by atoms with van der Waals surface area (Å²) in [4.78, 5) is 30.0. The third-order valence-electron chi connectivity index (χ3n) is 3.80. The van der Waals surface area contributed by atoms with Crippen molar-refractivity contribution < 1.29 is 14.0 Å². The van der Waals surface area contributed by atoms with Crippen LogP contribution < -0.4 is 0 Å². The molecule has 6 nitrogen and oxygen atoms in total. The number of hydrogen-bond acceptors (Lipinski definition) is 4. The van der Waals surface area contributed by atoms with Gasteiger partial charge in [0.2, 0.25) is 5.91 Å². The lowest BCUT2D eigenvalue weighted by Gasteiger charge is -2.34. The number of carbonyl (C=O) groups is 2. The zero-order chi connectivity index (χ0) is 16.7. The molecule has 0 radical (unpaired) electrons. The first kappa shape index (κ1) is 17.0. The third-order valence-corrected chi connectivity index (χ3v) is 3.80. The first-order chi connectivity index (χ1) is 11.2. The summed E-state index contributed by atoms with van der Waals surface area (Å²) in [5.74, 6) is 0.314. The van der Waals surface area contributed by atoms with Crippen LogP contribution >= 0.6 is 0 Å². The van der Waals surface area contributed by atoms with Gasteiger partial charge in [-0.3, -0.25) is 14.5 Å². The van der Waals surface area contributed by atoms with Gasteiger partial charge in [-0.15, -0.1) is 13.2 Å². The van der Waals surface area contributed by atoms with Gasteiger partial charge in [-0.05, 0) is 12.1 Å². The van der Waals surface area contributed by atoms with Crippen molar-refractivity contribution in [1.29, 1.82) is 0 Å². The second kappa shape index (κ2) is 8.33. The van der Waals surface area contributed by atoms with E-state index in [0.29, 0.717) is 51.6 Å². The molecule has 6 heteroatoms. The van der Waals surface area contributed by atoms with Crippen LogP contribution in [0.5, 0.6) is 0 Å². The summed E-state index contributed by atoms with van der Waals surface area (Å²) in [6.07, 6.45) is 4.92. The van der Waals surface area contributed by atoms with E-state index < -0.39 is 0 Å². The van der Waals surface area contributed by atoms with Crippen molar-refractivity contribution in [3.8, 4) is 0 Å². The van der Waals surface area contributed by atoms with Crippen molar-refractivity contribution in [2.24, 2.45) is 0 Å². The van der Waals surface area contributed by atoms with E-state index in [1.54, 1.807) is 34.1 Å². The van der Waals surface area contributed by atoms with Crippen LogP contribution in [0.15, 0.2) is 48.1 Å². The number of piperazine rings is 1. The Hall–Kier alpha value is -2.34. The van der Waals surface area contributed by atoms with Gasteiger partial charge in [-0.1, -0.05) is 12.2 Å². The topological polar surface area (TPSA) is 57.0 Å². The number of amides is 2. The Morgan fingerprint density at radius 3 is 2.35 bits per heavy atom. The minimum absolute atomic E-state index is 0.0515. The standard InChI is InChI=1S/C17H23N3O3/c1-3-7-19(8-4-2)16(21)14-18-9-11-20(12-10-18)17(22)15-6-5-13-23-15/h3-6,13H,1-2,7-12,14H2. The molecule has 0 saturated carbocycles. The summed E-state index contributed by atoms with van der Waals surface area (Å²) < 4.78 is 5.14. The van der Waals surface area contributed by atoms with Gasteiger partial charge in [-0.2, -0.15) is 0 Å². The van der Waals surface area contributed by atoms with Gasteiger partial charge in [-0.25, -0.2) is 0 Å². The Bertz CT molecular complexity index is 535. The fourth-order valence-electron chi connectivity index (χ4n) is 2.55. The zero-order valence-electron chi connectivity index (χ0n) is 13.3. The molecule has 1 fully saturated rings. The highest BCUT2D eigenvalue weighted by Gasteiger charge is 2.25. The normalized spacial score (nSPS) is 15.2. The first-order valence-electron chi connectivity index (χ1n) is 7.70. The van der Waals surface area contributed by atoms with Gasteiger partial charge >= 0.3 is 0 Å². The second-order valence-corrected chi connectivity index (χ2v) is 5.42. The molecule has 0 atom stereocenters. The molecule has 0 aliphatic carbocycles. The van der Waals surface area contributed by atoms with Gasteiger partial charge in [0, 0.05) is 39.3 Å². The van der Waals surface area contributed by atoms with Crippen LogP contribution in [0.25, 0.3) is 0 Å². The number of carbonyl (C=O) groups excluding carboxylic acids is 2. The average Bonchev–Trinajstić information content (AvgIpc) is 3.09. The molecule has 124 valence electrons. The zero-order valence-corrected chi connectivity index (χ0v) is 13.3. The third kappa shape index (κ3) is 4.56. The Kier molecular flexibility index (Phi) is 6.17. The molecular weight excluding hydrogens is 294 g/mol. The lowest BCUT2D eigenvalue weighted by molar-refractivity contribution is -0.131. The van der Waals surface area contributed by atoms with E-state index >= 15 is 0 Å². The Balaban J connectivity index is 1.82. The molecule has 1 saturated heterocycles.